The van der Waals surface area contributed by atoms with Gasteiger partial charge in [0.15, 0.2) is 5.96 Å². The quantitative estimate of drug-likeness (QED) is 0.478. The van der Waals surface area contributed by atoms with Crippen LogP contribution >= 0.6 is 11.3 Å². The number of halogens is 1. The molecule has 7 heteroatoms. The predicted molar refractivity (Wildman–Crippen MR) is 110 cm³/mol. The highest BCUT2D eigenvalue weighted by Crippen LogP contribution is 2.22. The molecule has 1 heterocycles. The van der Waals surface area contributed by atoms with Crippen LogP contribution in [0.2, 0.25) is 0 Å². The molecule has 2 rings (SSSR count). The first-order valence-electron chi connectivity index (χ1n) is 9.01. The lowest BCUT2D eigenvalue weighted by Crippen LogP contribution is -2.44. The van der Waals surface area contributed by atoms with Crippen molar-refractivity contribution in [3.8, 4) is 0 Å². The molecule has 1 atom stereocenters. The lowest BCUT2D eigenvalue weighted by atomic mass is 9.99. The average Bonchev–Trinajstić information content (AvgIpc) is 3.15. The Bertz CT molecular complexity index is 744. The molecule has 2 aromatic rings. The van der Waals surface area contributed by atoms with Crippen molar-refractivity contribution < 1.29 is 9.50 Å². The van der Waals surface area contributed by atoms with E-state index in [-0.39, 0.29) is 5.82 Å². The Morgan fingerprint density at radius 2 is 2.07 bits per heavy atom. The Balaban J connectivity index is 2.05. The van der Waals surface area contributed by atoms with Crippen LogP contribution < -0.4 is 10.6 Å². The maximum atomic E-state index is 13.9. The molecule has 0 saturated heterocycles. The van der Waals surface area contributed by atoms with E-state index in [4.69, 9.17) is 0 Å². The fraction of sp³-hybridized carbons (Fsp3) is 0.450. The molecule has 0 saturated carbocycles. The number of rotatable bonds is 8. The number of aliphatic hydroxyl groups is 1. The second-order valence-corrected chi connectivity index (χ2v) is 7.78. The third-order valence-corrected chi connectivity index (χ3v) is 4.79. The van der Waals surface area contributed by atoms with Crippen molar-refractivity contribution in [1.29, 1.82) is 0 Å². The Morgan fingerprint density at radius 3 is 2.70 bits per heavy atom. The maximum Gasteiger partial charge on any atom is 0.191 e. The van der Waals surface area contributed by atoms with Crippen LogP contribution in [0.25, 0.3) is 0 Å². The molecule has 3 N–H and O–H groups in total. The summed E-state index contributed by atoms with van der Waals surface area (Å²) in [5, 5.41) is 20.9. The molecule has 0 aliphatic carbocycles. The molecule has 27 heavy (non-hydrogen) atoms. The van der Waals surface area contributed by atoms with E-state index in [9.17, 15) is 9.50 Å². The van der Waals surface area contributed by atoms with Gasteiger partial charge in [-0.15, -0.1) is 0 Å². The summed E-state index contributed by atoms with van der Waals surface area (Å²) < 4.78 is 13.9. The van der Waals surface area contributed by atoms with Gasteiger partial charge in [0, 0.05) is 18.7 Å². The fourth-order valence-electron chi connectivity index (χ4n) is 2.63. The molecule has 5 nitrogen and oxygen atoms in total. The average molecular weight is 393 g/mol. The first kappa shape index (κ1) is 21.3. The number of aliphatic imine (C=N–C) groups is 1. The third kappa shape index (κ3) is 6.61. The Labute approximate surface area is 164 Å². The predicted octanol–water partition coefficient (Wildman–Crippen LogP) is 2.91. The SMILES string of the molecule is CCNC(=NCc1ccc(F)c(CN(C)C)c1)NCC(C)(O)c1ccsc1. The van der Waals surface area contributed by atoms with E-state index >= 15 is 0 Å². The number of nitrogens with zero attached hydrogens (tertiary/aromatic N) is 2. The van der Waals surface area contributed by atoms with Crippen LogP contribution in [-0.4, -0.2) is 43.2 Å². The molecule has 1 unspecified atom stereocenters. The zero-order valence-electron chi connectivity index (χ0n) is 16.4. The van der Waals surface area contributed by atoms with Gasteiger partial charge < -0.3 is 20.6 Å². The van der Waals surface area contributed by atoms with Gasteiger partial charge in [-0.3, -0.25) is 0 Å². The van der Waals surface area contributed by atoms with Crippen LogP contribution in [0.5, 0.6) is 0 Å². The minimum atomic E-state index is -0.981. The molecular weight excluding hydrogens is 363 g/mol. The first-order chi connectivity index (χ1) is 12.8. The van der Waals surface area contributed by atoms with Crippen LogP contribution in [0.3, 0.4) is 0 Å². The molecule has 0 bridgehead atoms. The standard InChI is InChI=1S/C20H29FN4OS/c1-5-22-19(24-14-20(2,26)17-8-9-27-13-17)23-11-15-6-7-18(21)16(10-15)12-25(3)4/h6-10,13,26H,5,11-12,14H2,1-4H3,(H2,22,23,24). The minimum absolute atomic E-state index is 0.201. The van der Waals surface area contributed by atoms with E-state index < -0.39 is 5.60 Å². The Morgan fingerprint density at radius 1 is 1.30 bits per heavy atom. The van der Waals surface area contributed by atoms with Crippen molar-refractivity contribution in [2.45, 2.75) is 32.5 Å². The second-order valence-electron chi connectivity index (χ2n) is 7.00. The fourth-order valence-corrected chi connectivity index (χ4v) is 3.41. The highest BCUT2D eigenvalue weighted by atomic mass is 32.1. The summed E-state index contributed by atoms with van der Waals surface area (Å²) in [6.07, 6.45) is 0. The summed E-state index contributed by atoms with van der Waals surface area (Å²) in [6, 6.07) is 7.01. The van der Waals surface area contributed by atoms with E-state index in [1.165, 1.54) is 6.07 Å². The summed E-state index contributed by atoms with van der Waals surface area (Å²) in [5.74, 6) is 0.416. The van der Waals surface area contributed by atoms with Crippen molar-refractivity contribution in [3.05, 3.63) is 57.5 Å². The van der Waals surface area contributed by atoms with E-state index in [2.05, 4.69) is 15.6 Å². The molecule has 148 valence electrons. The van der Waals surface area contributed by atoms with E-state index in [1.807, 2.05) is 48.8 Å². The molecule has 0 aliphatic heterocycles. The third-order valence-electron chi connectivity index (χ3n) is 4.10. The smallest absolute Gasteiger partial charge is 0.191 e. The Kier molecular flexibility index (Phi) is 7.77. The number of thiophene rings is 1. The van der Waals surface area contributed by atoms with Crippen molar-refractivity contribution >= 4 is 17.3 Å². The zero-order chi connectivity index (χ0) is 19.9. The van der Waals surface area contributed by atoms with E-state index in [0.717, 1.165) is 11.1 Å². The number of hydrogen-bond donors (Lipinski definition) is 3. The molecule has 1 aromatic carbocycles. The van der Waals surface area contributed by atoms with Crippen molar-refractivity contribution in [2.24, 2.45) is 4.99 Å². The van der Waals surface area contributed by atoms with Gasteiger partial charge in [0.1, 0.15) is 11.4 Å². The van der Waals surface area contributed by atoms with Crippen LogP contribution in [0.1, 0.15) is 30.5 Å². The first-order valence-corrected chi connectivity index (χ1v) is 9.95. The highest BCUT2D eigenvalue weighted by Gasteiger charge is 2.23. The van der Waals surface area contributed by atoms with Gasteiger partial charge in [0.25, 0.3) is 0 Å². The molecular formula is C20H29FN4OS. The number of benzene rings is 1. The van der Waals surface area contributed by atoms with Gasteiger partial charge in [0.2, 0.25) is 0 Å². The monoisotopic (exact) mass is 392 g/mol. The summed E-state index contributed by atoms with van der Waals surface area (Å²) in [6.45, 7) is 5.79. The number of guanidine groups is 1. The second kappa shape index (κ2) is 9.82. The normalized spacial score (nSPS) is 14.3. The zero-order valence-corrected chi connectivity index (χ0v) is 17.2. The molecule has 0 radical (unpaired) electrons. The molecule has 0 aliphatic rings. The van der Waals surface area contributed by atoms with Gasteiger partial charge in [-0.25, -0.2) is 9.38 Å². The van der Waals surface area contributed by atoms with E-state index in [0.29, 0.717) is 37.7 Å². The maximum absolute atomic E-state index is 13.9. The molecule has 0 fully saturated rings. The van der Waals surface area contributed by atoms with Gasteiger partial charge in [-0.2, -0.15) is 11.3 Å². The Hall–Kier alpha value is -1.96. The number of hydrogen-bond acceptors (Lipinski definition) is 4. The lowest BCUT2D eigenvalue weighted by molar-refractivity contribution is 0.0621. The number of nitrogens with one attached hydrogen (secondary N) is 2. The van der Waals surface area contributed by atoms with Crippen molar-refractivity contribution in [3.63, 3.8) is 0 Å². The van der Waals surface area contributed by atoms with Crippen LogP contribution in [-0.2, 0) is 18.7 Å². The van der Waals surface area contributed by atoms with Crippen molar-refractivity contribution in [2.75, 3.05) is 27.2 Å². The minimum Gasteiger partial charge on any atom is -0.384 e. The summed E-state index contributed by atoms with van der Waals surface area (Å²) >= 11 is 1.56. The van der Waals surface area contributed by atoms with Gasteiger partial charge in [0.05, 0.1) is 13.1 Å². The summed E-state index contributed by atoms with van der Waals surface area (Å²) in [4.78, 5) is 6.50. The largest absolute Gasteiger partial charge is 0.384 e. The summed E-state index contributed by atoms with van der Waals surface area (Å²) in [7, 11) is 3.83. The molecule has 0 amide bonds. The summed E-state index contributed by atoms with van der Waals surface area (Å²) in [5.41, 5.74) is 1.49. The highest BCUT2D eigenvalue weighted by molar-refractivity contribution is 7.08. The topological polar surface area (TPSA) is 59.9 Å². The van der Waals surface area contributed by atoms with Crippen LogP contribution in [0, 0.1) is 5.82 Å². The van der Waals surface area contributed by atoms with Gasteiger partial charge >= 0.3 is 0 Å². The lowest BCUT2D eigenvalue weighted by Gasteiger charge is -2.24. The van der Waals surface area contributed by atoms with Crippen LogP contribution in [0.15, 0.2) is 40.0 Å². The molecule has 0 spiro atoms. The van der Waals surface area contributed by atoms with Gasteiger partial charge in [-0.1, -0.05) is 6.07 Å². The van der Waals surface area contributed by atoms with E-state index in [1.54, 1.807) is 24.3 Å². The van der Waals surface area contributed by atoms with Crippen molar-refractivity contribution in [1.82, 2.24) is 15.5 Å². The van der Waals surface area contributed by atoms with Gasteiger partial charge in [-0.05, 0) is 68.0 Å². The molecule has 1 aromatic heterocycles. The van der Waals surface area contributed by atoms with Crippen LogP contribution in [0.4, 0.5) is 4.39 Å².